The highest BCUT2D eigenvalue weighted by Crippen LogP contribution is 1.79. The lowest BCUT2D eigenvalue weighted by Gasteiger charge is -1.97. The van der Waals surface area contributed by atoms with Gasteiger partial charge in [-0.1, -0.05) is 0 Å². The van der Waals surface area contributed by atoms with E-state index in [4.69, 9.17) is 5.73 Å². The Hall–Kier alpha value is -0.770. The van der Waals surface area contributed by atoms with Crippen LogP contribution in [0.2, 0.25) is 0 Å². The topological polar surface area (TPSA) is 82.8 Å². The first kappa shape index (κ1) is 8.23. The Balaban J connectivity index is 2.83. The number of nitrogens with two attached hydrogens (primary N) is 1. The summed E-state index contributed by atoms with van der Waals surface area (Å²) in [5.41, 5.74) is 8.47. The highest BCUT2D eigenvalue weighted by atomic mass is 16.2. The fourth-order valence-electron chi connectivity index (χ4n) is 0.513. The lowest BCUT2D eigenvalue weighted by molar-refractivity contribution is -0.368. The third-order valence-electron chi connectivity index (χ3n) is 0.976. The van der Waals surface area contributed by atoms with Crippen LogP contribution in [0.1, 0.15) is 12.8 Å². The highest BCUT2D eigenvalue weighted by Gasteiger charge is 1.89. The fourth-order valence-corrected chi connectivity index (χ4v) is 0.513. The van der Waals surface area contributed by atoms with Crippen molar-refractivity contribution in [2.75, 3.05) is 13.1 Å². The zero-order chi connectivity index (χ0) is 7.11. The molecular weight excluding hydrogens is 118 g/mol. The minimum atomic E-state index is -0.445. The van der Waals surface area contributed by atoms with Gasteiger partial charge in [0.05, 0.1) is 6.54 Å². The number of carbonyl (C=O) groups is 1. The maximum Gasteiger partial charge on any atom is 0.312 e. The maximum atomic E-state index is 10.1. The number of rotatable bonds is 4. The molecule has 9 heavy (non-hydrogen) atoms. The molecule has 0 aromatic rings. The van der Waals surface area contributed by atoms with Crippen molar-refractivity contribution in [1.29, 1.82) is 0 Å². The molecule has 0 aliphatic rings. The minimum absolute atomic E-state index is 0.445. The van der Waals surface area contributed by atoms with Gasteiger partial charge in [0, 0.05) is 6.54 Å². The number of hydrogen-bond acceptors (Lipinski definition) is 1. The molecule has 0 aliphatic heterocycles. The molecule has 0 atom stereocenters. The summed E-state index contributed by atoms with van der Waals surface area (Å²) in [4.78, 5) is 10.1. The average molecular weight is 132 g/mol. The van der Waals surface area contributed by atoms with Crippen molar-refractivity contribution in [3.63, 3.8) is 0 Å². The number of carbonyl (C=O) groups excluding carboxylic acids is 1. The van der Waals surface area contributed by atoms with Crippen molar-refractivity contribution in [1.82, 2.24) is 5.32 Å². The van der Waals surface area contributed by atoms with Crippen LogP contribution in [0.5, 0.6) is 0 Å². The molecule has 0 bridgehead atoms. The first-order valence-electron chi connectivity index (χ1n) is 3.10. The van der Waals surface area contributed by atoms with E-state index in [1.807, 2.05) is 0 Å². The molecule has 0 aromatic carbocycles. The molecule has 4 heteroatoms. The van der Waals surface area contributed by atoms with Crippen LogP contribution in [0.3, 0.4) is 0 Å². The summed E-state index contributed by atoms with van der Waals surface area (Å²) < 4.78 is 0. The molecule has 0 aliphatic carbocycles. The van der Waals surface area contributed by atoms with Gasteiger partial charge in [-0.25, -0.2) is 4.79 Å². The Morgan fingerprint density at radius 1 is 1.56 bits per heavy atom. The highest BCUT2D eigenvalue weighted by molar-refractivity contribution is 5.71. The van der Waals surface area contributed by atoms with Gasteiger partial charge in [-0.2, -0.15) is 0 Å². The zero-order valence-corrected chi connectivity index (χ0v) is 5.52. The van der Waals surface area contributed by atoms with Gasteiger partial charge in [-0.15, -0.1) is 0 Å². The van der Waals surface area contributed by atoms with E-state index in [2.05, 4.69) is 11.1 Å². The first-order chi connectivity index (χ1) is 4.27. The van der Waals surface area contributed by atoms with E-state index in [1.54, 1.807) is 0 Å². The molecule has 4 nitrogen and oxygen atoms in total. The normalized spacial score (nSPS) is 9.00. The van der Waals surface area contributed by atoms with Gasteiger partial charge in [0.2, 0.25) is 0 Å². The van der Waals surface area contributed by atoms with Crippen LogP contribution < -0.4 is 16.8 Å². The molecule has 0 unspecified atom stereocenters. The Labute approximate surface area is 54.6 Å². The number of urea groups is 1. The molecule has 0 heterocycles. The summed E-state index contributed by atoms with van der Waals surface area (Å²) in [6.07, 6.45) is 2.01. The predicted molar refractivity (Wildman–Crippen MR) is 34.6 cm³/mol. The van der Waals surface area contributed by atoms with Crippen molar-refractivity contribution in [2.45, 2.75) is 12.8 Å². The van der Waals surface area contributed by atoms with Crippen LogP contribution >= 0.6 is 0 Å². The Kier molecular flexibility index (Phi) is 4.91. The summed E-state index contributed by atoms with van der Waals surface area (Å²) in [6.45, 7) is 1.59. The molecule has 0 fully saturated rings. The lowest BCUT2D eigenvalue weighted by atomic mass is 10.3. The number of unbranched alkanes of at least 4 members (excludes halogenated alkanes) is 1. The molecule has 0 radical (unpaired) electrons. The van der Waals surface area contributed by atoms with Gasteiger partial charge >= 0.3 is 6.03 Å². The maximum absolute atomic E-state index is 10.1. The van der Waals surface area contributed by atoms with Crippen molar-refractivity contribution in [3.05, 3.63) is 0 Å². The molecule has 0 saturated heterocycles. The third kappa shape index (κ3) is 7.23. The van der Waals surface area contributed by atoms with Crippen LogP contribution in [-0.4, -0.2) is 19.1 Å². The van der Waals surface area contributed by atoms with Crippen LogP contribution in [0.15, 0.2) is 0 Å². The molecule has 6 N–H and O–H groups in total. The van der Waals surface area contributed by atoms with Crippen molar-refractivity contribution in [3.8, 4) is 0 Å². The number of primary amides is 1. The van der Waals surface area contributed by atoms with Crippen LogP contribution in [0, 0.1) is 0 Å². The summed E-state index contributed by atoms with van der Waals surface area (Å²) in [6, 6.07) is -0.445. The predicted octanol–water partition coefficient (Wildman–Crippen LogP) is -1.32. The number of amides is 2. The summed E-state index contributed by atoms with van der Waals surface area (Å²) in [5, 5.41) is 2.49. The first-order valence-corrected chi connectivity index (χ1v) is 3.10. The van der Waals surface area contributed by atoms with Gasteiger partial charge in [0.1, 0.15) is 0 Å². The Morgan fingerprint density at radius 2 is 2.22 bits per heavy atom. The van der Waals surface area contributed by atoms with E-state index >= 15 is 0 Å². The zero-order valence-electron chi connectivity index (χ0n) is 5.52. The van der Waals surface area contributed by atoms with Crippen LogP contribution in [-0.2, 0) is 0 Å². The van der Waals surface area contributed by atoms with Crippen molar-refractivity contribution in [2.24, 2.45) is 5.73 Å². The van der Waals surface area contributed by atoms with E-state index in [0.717, 1.165) is 19.4 Å². The van der Waals surface area contributed by atoms with Gasteiger partial charge in [0.15, 0.2) is 0 Å². The van der Waals surface area contributed by atoms with Gasteiger partial charge in [-0.05, 0) is 12.8 Å². The van der Waals surface area contributed by atoms with E-state index in [9.17, 15) is 4.79 Å². The van der Waals surface area contributed by atoms with Crippen LogP contribution in [0.25, 0.3) is 0 Å². The fraction of sp³-hybridized carbons (Fsp3) is 0.800. The van der Waals surface area contributed by atoms with E-state index in [1.165, 1.54) is 0 Å². The molecule has 0 saturated carbocycles. The quantitative estimate of drug-likeness (QED) is 0.407. The largest absolute Gasteiger partial charge is 0.358 e. The SMILES string of the molecule is NC(=O)NCCCC[NH3+]. The van der Waals surface area contributed by atoms with Gasteiger partial charge in [0.25, 0.3) is 0 Å². The van der Waals surface area contributed by atoms with E-state index < -0.39 is 6.03 Å². The average Bonchev–Trinajstić information content (AvgIpc) is 1.80. The number of nitrogens with one attached hydrogen (secondary N) is 1. The van der Waals surface area contributed by atoms with E-state index in [0.29, 0.717) is 6.54 Å². The summed E-state index contributed by atoms with van der Waals surface area (Å²) in [5.74, 6) is 0. The summed E-state index contributed by atoms with van der Waals surface area (Å²) >= 11 is 0. The van der Waals surface area contributed by atoms with Crippen LogP contribution in [0.4, 0.5) is 4.79 Å². The molecule has 0 aromatic heterocycles. The third-order valence-corrected chi connectivity index (χ3v) is 0.976. The Morgan fingerprint density at radius 3 is 2.67 bits per heavy atom. The molecule has 0 rings (SSSR count). The van der Waals surface area contributed by atoms with Gasteiger partial charge in [-0.3, -0.25) is 0 Å². The molecular formula is C5H14N3O+. The summed E-state index contributed by atoms with van der Waals surface area (Å²) in [7, 11) is 0. The Bertz CT molecular complexity index is 84.3. The number of hydrogen-bond donors (Lipinski definition) is 3. The van der Waals surface area contributed by atoms with Gasteiger partial charge < -0.3 is 16.8 Å². The molecule has 54 valence electrons. The second kappa shape index (κ2) is 5.37. The molecule has 2 amide bonds. The van der Waals surface area contributed by atoms with Crippen molar-refractivity contribution >= 4 is 6.03 Å². The molecule has 0 spiro atoms. The monoisotopic (exact) mass is 132 g/mol. The smallest absolute Gasteiger partial charge is 0.312 e. The van der Waals surface area contributed by atoms with E-state index in [-0.39, 0.29) is 0 Å². The van der Waals surface area contributed by atoms with Crippen molar-refractivity contribution < 1.29 is 10.5 Å². The standard InChI is InChI=1S/C5H13N3O/c6-3-1-2-4-8-5(7)9/h1-4,6H2,(H3,7,8,9)/p+1. The second-order valence-electron chi connectivity index (χ2n) is 1.85. The second-order valence-corrected chi connectivity index (χ2v) is 1.85. The lowest BCUT2D eigenvalue weighted by Crippen LogP contribution is -2.50. The minimum Gasteiger partial charge on any atom is -0.358 e. The number of quaternary nitrogens is 1.